The van der Waals surface area contributed by atoms with Crippen molar-refractivity contribution in [3.05, 3.63) is 42.0 Å². The minimum absolute atomic E-state index is 0.212. The molecule has 20 heavy (non-hydrogen) atoms. The largest absolute Gasteiger partial charge is 0.507 e. The van der Waals surface area contributed by atoms with Gasteiger partial charge in [0.1, 0.15) is 11.4 Å². The average Bonchev–Trinajstić information content (AvgIpc) is 2.34. The molecule has 0 saturated heterocycles. The van der Waals surface area contributed by atoms with Crippen molar-refractivity contribution in [1.29, 1.82) is 0 Å². The molecule has 0 spiro atoms. The molecule has 0 heterocycles. The average molecular weight is 273 g/mol. The van der Waals surface area contributed by atoms with E-state index in [4.69, 9.17) is 4.74 Å². The molecule has 0 fully saturated rings. The number of hydrogen-bond acceptors (Lipinski definition) is 3. The van der Waals surface area contributed by atoms with Gasteiger partial charge in [-0.25, -0.2) is 4.79 Å². The highest BCUT2D eigenvalue weighted by molar-refractivity contribution is 5.88. The van der Waals surface area contributed by atoms with E-state index in [2.05, 4.69) is 5.32 Å². The van der Waals surface area contributed by atoms with Crippen LogP contribution in [-0.2, 0) is 11.3 Å². The highest BCUT2D eigenvalue weighted by Gasteiger charge is 2.15. The van der Waals surface area contributed by atoms with Crippen LogP contribution in [-0.4, -0.2) is 16.8 Å². The minimum Gasteiger partial charge on any atom is -0.507 e. The maximum absolute atomic E-state index is 11.6. The Bertz CT molecular complexity index is 629. The summed E-state index contributed by atoms with van der Waals surface area (Å²) in [6.07, 6.45) is -0.467. The van der Waals surface area contributed by atoms with Crippen molar-refractivity contribution < 1.29 is 14.6 Å². The molecule has 0 saturated carbocycles. The number of alkyl carbamates (subject to hydrolysis) is 1. The summed E-state index contributed by atoms with van der Waals surface area (Å²) in [4.78, 5) is 11.6. The Labute approximate surface area is 118 Å². The van der Waals surface area contributed by atoms with Crippen molar-refractivity contribution in [2.45, 2.75) is 32.9 Å². The first-order valence-corrected chi connectivity index (χ1v) is 6.53. The van der Waals surface area contributed by atoms with Crippen molar-refractivity contribution >= 4 is 16.9 Å². The van der Waals surface area contributed by atoms with Gasteiger partial charge in [-0.2, -0.15) is 0 Å². The summed E-state index contributed by atoms with van der Waals surface area (Å²) in [5, 5.41) is 14.4. The number of hydrogen-bond donors (Lipinski definition) is 2. The summed E-state index contributed by atoms with van der Waals surface area (Å²) < 4.78 is 5.16. The number of phenolic OH excluding ortho intramolecular Hbond substituents is 1. The fourth-order valence-electron chi connectivity index (χ4n) is 1.94. The number of fused-ring (bicyclic) bond motifs is 1. The van der Waals surface area contributed by atoms with E-state index < -0.39 is 11.7 Å². The maximum Gasteiger partial charge on any atom is 0.407 e. The predicted octanol–water partition coefficient (Wildman–Crippen LogP) is 3.57. The van der Waals surface area contributed by atoms with E-state index in [1.165, 1.54) is 0 Å². The molecule has 0 unspecified atom stereocenters. The van der Waals surface area contributed by atoms with Gasteiger partial charge in [-0.05, 0) is 43.9 Å². The van der Waals surface area contributed by atoms with Crippen LogP contribution in [0.5, 0.6) is 5.75 Å². The van der Waals surface area contributed by atoms with Crippen molar-refractivity contribution in [2.24, 2.45) is 0 Å². The molecule has 0 aliphatic rings. The van der Waals surface area contributed by atoms with Crippen LogP contribution in [0.2, 0.25) is 0 Å². The number of amides is 1. The quantitative estimate of drug-likeness (QED) is 0.879. The van der Waals surface area contributed by atoms with Crippen LogP contribution in [0, 0.1) is 0 Å². The summed E-state index contributed by atoms with van der Waals surface area (Å²) in [6, 6.07) is 11.2. The van der Waals surface area contributed by atoms with Crippen LogP contribution in [0.1, 0.15) is 26.3 Å². The summed E-state index contributed by atoms with van der Waals surface area (Å²) in [5.74, 6) is 0.212. The van der Waals surface area contributed by atoms with Gasteiger partial charge in [0.2, 0.25) is 0 Å². The van der Waals surface area contributed by atoms with Gasteiger partial charge in [-0.3, -0.25) is 0 Å². The predicted molar refractivity (Wildman–Crippen MR) is 78.7 cm³/mol. The smallest absolute Gasteiger partial charge is 0.407 e. The van der Waals surface area contributed by atoms with Crippen LogP contribution in [0.25, 0.3) is 10.8 Å². The SMILES string of the molecule is CC(C)(C)OC(=O)NCc1cc(O)c2ccccc2c1. The molecular formula is C16H19NO3. The third-order valence-corrected chi connectivity index (χ3v) is 2.74. The fraction of sp³-hybridized carbons (Fsp3) is 0.312. The van der Waals surface area contributed by atoms with Crippen molar-refractivity contribution in [3.63, 3.8) is 0 Å². The molecule has 2 aromatic rings. The highest BCUT2D eigenvalue weighted by atomic mass is 16.6. The topological polar surface area (TPSA) is 58.6 Å². The maximum atomic E-state index is 11.6. The Morgan fingerprint density at radius 3 is 2.65 bits per heavy atom. The summed E-state index contributed by atoms with van der Waals surface area (Å²) in [6.45, 7) is 5.75. The Kier molecular flexibility index (Phi) is 3.84. The van der Waals surface area contributed by atoms with Gasteiger partial charge in [-0.15, -0.1) is 0 Å². The van der Waals surface area contributed by atoms with Crippen LogP contribution in [0.15, 0.2) is 36.4 Å². The zero-order valence-corrected chi connectivity index (χ0v) is 11.9. The zero-order valence-electron chi connectivity index (χ0n) is 11.9. The van der Waals surface area contributed by atoms with Gasteiger partial charge < -0.3 is 15.2 Å². The van der Waals surface area contributed by atoms with E-state index in [0.29, 0.717) is 6.54 Å². The minimum atomic E-state index is -0.518. The van der Waals surface area contributed by atoms with Gasteiger partial charge in [0.25, 0.3) is 0 Å². The van der Waals surface area contributed by atoms with Gasteiger partial charge in [0.15, 0.2) is 0 Å². The van der Waals surface area contributed by atoms with E-state index in [9.17, 15) is 9.90 Å². The van der Waals surface area contributed by atoms with Gasteiger partial charge in [0.05, 0.1) is 0 Å². The number of benzene rings is 2. The molecule has 0 radical (unpaired) electrons. The number of carbonyl (C=O) groups excluding carboxylic acids is 1. The van der Waals surface area contributed by atoms with Crippen LogP contribution < -0.4 is 5.32 Å². The monoisotopic (exact) mass is 273 g/mol. The Balaban J connectivity index is 2.09. The summed E-state index contributed by atoms with van der Waals surface area (Å²) in [7, 11) is 0. The van der Waals surface area contributed by atoms with Gasteiger partial charge in [0, 0.05) is 11.9 Å². The Morgan fingerprint density at radius 1 is 1.25 bits per heavy atom. The second kappa shape index (κ2) is 5.41. The fourth-order valence-corrected chi connectivity index (χ4v) is 1.94. The molecule has 2 rings (SSSR count). The molecule has 0 aliphatic carbocycles. The molecule has 2 N–H and O–H groups in total. The second-order valence-electron chi connectivity index (χ2n) is 5.69. The molecule has 0 atom stereocenters. The number of ether oxygens (including phenoxy) is 1. The first-order valence-electron chi connectivity index (χ1n) is 6.53. The molecule has 106 valence electrons. The molecule has 4 heteroatoms. The van der Waals surface area contributed by atoms with Gasteiger partial charge >= 0.3 is 6.09 Å². The van der Waals surface area contributed by atoms with E-state index in [-0.39, 0.29) is 5.75 Å². The standard InChI is InChI=1S/C16H19NO3/c1-16(2,3)20-15(19)17-10-11-8-12-6-4-5-7-13(12)14(18)9-11/h4-9,18H,10H2,1-3H3,(H,17,19). The van der Waals surface area contributed by atoms with Crippen molar-refractivity contribution in [3.8, 4) is 5.75 Å². The lowest BCUT2D eigenvalue weighted by molar-refractivity contribution is 0.0523. The summed E-state index contributed by atoms with van der Waals surface area (Å²) >= 11 is 0. The lowest BCUT2D eigenvalue weighted by Gasteiger charge is -2.19. The Morgan fingerprint density at radius 2 is 1.95 bits per heavy atom. The third-order valence-electron chi connectivity index (χ3n) is 2.74. The number of nitrogens with one attached hydrogen (secondary N) is 1. The van der Waals surface area contributed by atoms with E-state index in [1.807, 2.05) is 51.1 Å². The number of rotatable bonds is 2. The molecule has 0 aliphatic heterocycles. The molecule has 2 aromatic carbocycles. The van der Waals surface area contributed by atoms with E-state index in [1.54, 1.807) is 6.07 Å². The molecule has 0 bridgehead atoms. The highest BCUT2D eigenvalue weighted by Crippen LogP contribution is 2.26. The molecular weight excluding hydrogens is 254 g/mol. The normalized spacial score (nSPS) is 11.3. The van der Waals surface area contributed by atoms with Crippen LogP contribution in [0.3, 0.4) is 0 Å². The first kappa shape index (κ1) is 14.2. The zero-order chi connectivity index (χ0) is 14.8. The number of aromatic hydroxyl groups is 1. The van der Waals surface area contributed by atoms with E-state index >= 15 is 0 Å². The lowest BCUT2D eigenvalue weighted by Crippen LogP contribution is -2.32. The molecule has 1 amide bonds. The lowest BCUT2D eigenvalue weighted by atomic mass is 10.1. The summed E-state index contributed by atoms with van der Waals surface area (Å²) in [5.41, 5.74) is 0.308. The van der Waals surface area contributed by atoms with Gasteiger partial charge in [-0.1, -0.05) is 24.3 Å². The third kappa shape index (κ3) is 3.63. The molecule has 0 aromatic heterocycles. The van der Waals surface area contributed by atoms with Crippen LogP contribution >= 0.6 is 0 Å². The number of carbonyl (C=O) groups is 1. The van der Waals surface area contributed by atoms with Crippen molar-refractivity contribution in [1.82, 2.24) is 5.32 Å². The number of phenols is 1. The van der Waals surface area contributed by atoms with E-state index in [0.717, 1.165) is 16.3 Å². The van der Waals surface area contributed by atoms with Crippen molar-refractivity contribution in [2.75, 3.05) is 0 Å². The Hall–Kier alpha value is -2.23. The second-order valence-corrected chi connectivity index (χ2v) is 5.69. The van der Waals surface area contributed by atoms with Crippen LogP contribution in [0.4, 0.5) is 4.79 Å². The molecule has 4 nitrogen and oxygen atoms in total. The first-order chi connectivity index (χ1) is 9.35.